The molecular weight excluding hydrogens is 427 g/mol. The van der Waals surface area contributed by atoms with Gasteiger partial charge in [0.2, 0.25) is 11.6 Å². The van der Waals surface area contributed by atoms with E-state index in [1.54, 1.807) is 33.2 Å². The van der Waals surface area contributed by atoms with Crippen LogP contribution >= 0.6 is 0 Å². The molecule has 0 amide bonds. The lowest BCUT2D eigenvalue weighted by molar-refractivity contribution is 0.0506. The van der Waals surface area contributed by atoms with Crippen LogP contribution in [-0.4, -0.2) is 49.4 Å². The first-order valence-corrected chi connectivity index (χ1v) is 10.5. The molecule has 10 heteroatoms. The monoisotopic (exact) mass is 448 g/mol. The van der Waals surface area contributed by atoms with Crippen molar-refractivity contribution in [2.45, 2.75) is 19.9 Å². The molecule has 168 valence electrons. The zero-order valence-electron chi connectivity index (χ0n) is 18.4. The molecule has 9 nitrogen and oxygen atoms in total. The van der Waals surface area contributed by atoms with Crippen molar-refractivity contribution in [2.24, 2.45) is 7.05 Å². The highest BCUT2D eigenvalue weighted by atomic mass is 19.1. The van der Waals surface area contributed by atoms with E-state index in [1.807, 2.05) is 16.7 Å². The fourth-order valence-corrected chi connectivity index (χ4v) is 4.12. The van der Waals surface area contributed by atoms with Crippen LogP contribution in [0.3, 0.4) is 0 Å². The molecule has 33 heavy (non-hydrogen) atoms. The van der Waals surface area contributed by atoms with Gasteiger partial charge in [0.05, 0.1) is 37.7 Å². The predicted molar refractivity (Wildman–Crippen MR) is 117 cm³/mol. The van der Waals surface area contributed by atoms with Gasteiger partial charge in [0.25, 0.3) is 0 Å². The number of aryl methyl sites for hydroxylation is 2. The number of nitrogens with zero attached hydrogens (tertiary/aromatic N) is 6. The number of aromatic nitrogens is 6. The molecule has 0 saturated heterocycles. The SMILES string of the molecule is CCOC(=O)c1nc(-c2ccc(F)cc2)c2n1CCc1cc(OC)c(-c3nnn(C)n3)cc1-2. The van der Waals surface area contributed by atoms with E-state index < -0.39 is 5.97 Å². The van der Waals surface area contributed by atoms with Crippen molar-refractivity contribution in [3.05, 3.63) is 53.6 Å². The van der Waals surface area contributed by atoms with E-state index in [4.69, 9.17) is 9.47 Å². The van der Waals surface area contributed by atoms with Crippen LogP contribution in [0, 0.1) is 5.82 Å². The number of ether oxygens (including phenoxy) is 2. The number of benzene rings is 2. The minimum atomic E-state index is -0.500. The number of rotatable bonds is 5. The van der Waals surface area contributed by atoms with Crippen molar-refractivity contribution in [2.75, 3.05) is 13.7 Å². The van der Waals surface area contributed by atoms with Crippen molar-refractivity contribution in [1.29, 1.82) is 0 Å². The van der Waals surface area contributed by atoms with Crippen molar-refractivity contribution in [3.63, 3.8) is 0 Å². The molecule has 0 unspecified atom stereocenters. The molecule has 2 aromatic heterocycles. The minimum Gasteiger partial charge on any atom is -0.496 e. The standard InChI is InChI=1S/C23H21FN6O3/c1-4-33-23(31)22-25-19(13-5-7-15(24)8-6-13)20-16-12-17(21-26-28-29(2)27-21)18(32-3)11-14(16)9-10-30(20)22/h5-8,11-12H,4,9-10H2,1-3H3. The van der Waals surface area contributed by atoms with Crippen LogP contribution in [-0.2, 0) is 24.8 Å². The lowest BCUT2D eigenvalue weighted by Crippen LogP contribution is -2.18. The van der Waals surface area contributed by atoms with Crippen molar-refractivity contribution in [3.8, 4) is 39.7 Å². The average Bonchev–Trinajstić information content (AvgIpc) is 3.43. The van der Waals surface area contributed by atoms with E-state index in [0.29, 0.717) is 41.4 Å². The molecule has 0 N–H and O–H groups in total. The molecule has 1 aliphatic rings. The van der Waals surface area contributed by atoms with Crippen LogP contribution < -0.4 is 4.74 Å². The Kier molecular flexibility index (Phi) is 5.12. The van der Waals surface area contributed by atoms with E-state index in [2.05, 4.69) is 20.4 Å². The van der Waals surface area contributed by atoms with Crippen LogP contribution in [0.5, 0.6) is 5.75 Å². The number of methoxy groups -OCH3 is 1. The molecule has 0 bridgehead atoms. The third-order valence-electron chi connectivity index (χ3n) is 5.58. The Morgan fingerprint density at radius 1 is 1.18 bits per heavy atom. The van der Waals surface area contributed by atoms with Crippen LogP contribution in [0.25, 0.3) is 33.9 Å². The van der Waals surface area contributed by atoms with E-state index in [0.717, 1.165) is 16.8 Å². The molecule has 0 aliphatic carbocycles. The summed E-state index contributed by atoms with van der Waals surface area (Å²) in [6.07, 6.45) is 0.665. The Labute approximate surface area is 188 Å². The smallest absolute Gasteiger partial charge is 0.374 e. The van der Waals surface area contributed by atoms with Crippen molar-refractivity contribution >= 4 is 5.97 Å². The van der Waals surface area contributed by atoms with Gasteiger partial charge in [-0.2, -0.15) is 4.80 Å². The maximum absolute atomic E-state index is 13.6. The number of carbonyl (C=O) groups is 1. The molecule has 0 radical (unpaired) electrons. The number of fused-ring (bicyclic) bond motifs is 3. The number of imidazole rings is 1. The fraction of sp³-hybridized carbons (Fsp3) is 0.261. The van der Waals surface area contributed by atoms with Gasteiger partial charge in [0, 0.05) is 17.7 Å². The molecule has 2 aromatic carbocycles. The van der Waals surface area contributed by atoms with E-state index in [9.17, 15) is 9.18 Å². The van der Waals surface area contributed by atoms with Gasteiger partial charge in [0.1, 0.15) is 11.6 Å². The summed E-state index contributed by atoms with van der Waals surface area (Å²) in [4.78, 5) is 18.7. The summed E-state index contributed by atoms with van der Waals surface area (Å²) in [5.41, 5.74) is 4.58. The average molecular weight is 448 g/mol. The minimum absolute atomic E-state index is 0.215. The van der Waals surface area contributed by atoms with Crippen LogP contribution in [0.1, 0.15) is 23.1 Å². The van der Waals surface area contributed by atoms with Gasteiger partial charge in [0.15, 0.2) is 0 Å². The molecule has 0 saturated carbocycles. The van der Waals surface area contributed by atoms with Gasteiger partial charge in [-0.05, 0) is 60.5 Å². The number of carbonyl (C=O) groups excluding carboxylic acids is 1. The van der Waals surface area contributed by atoms with E-state index in [1.165, 1.54) is 16.9 Å². The Balaban J connectivity index is 1.77. The topological polar surface area (TPSA) is 97.0 Å². The number of hydrogen-bond donors (Lipinski definition) is 0. The molecule has 4 aromatic rings. The summed E-state index contributed by atoms with van der Waals surface area (Å²) in [7, 11) is 3.28. The maximum Gasteiger partial charge on any atom is 0.374 e. The molecule has 1 aliphatic heterocycles. The molecule has 5 rings (SSSR count). The lowest BCUT2D eigenvalue weighted by Gasteiger charge is -2.22. The predicted octanol–water partition coefficient (Wildman–Crippen LogP) is 3.29. The Bertz CT molecular complexity index is 1360. The Hall–Kier alpha value is -4.08. The second kappa shape index (κ2) is 8.12. The molecule has 3 heterocycles. The third kappa shape index (κ3) is 3.53. The first-order chi connectivity index (χ1) is 16.0. The highest BCUT2D eigenvalue weighted by molar-refractivity contribution is 5.92. The zero-order chi connectivity index (χ0) is 23.1. The fourth-order valence-electron chi connectivity index (χ4n) is 4.12. The number of esters is 1. The first kappa shape index (κ1) is 20.8. The van der Waals surface area contributed by atoms with Crippen LogP contribution in [0.15, 0.2) is 36.4 Å². The zero-order valence-corrected chi connectivity index (χ0v) is 18.4. The van der Waals surface area contributed by atoms with Gasteiger partial charge in [-0.15, -0.1) is 10.2 Å². The largest absolute Gasteiger partial charge is 0.496 e. The van der Waals surface area contributed by atoms with Crippen molar-refractivity contribution < 1.29 is 18.7 Å². The Morgan fingerprint density at radius 2 is 1.97 bits per heavy atom. The summed E-state index contributed by atoms with van der Waals surface area (Å²) in [6, 6.07) is 9.93. The molecular formula is C23H21FN6O3. The Morgan fingerprint density at radius 3 is 2.64 bits per heavy atom. The molecule has 0 fully saturated rings. The maximum atomic E-state index is 13.6. The summed E-state index contributed by atoms with van der Waals surface area (Å²) in [5, 5.41) is 12.4. The summed E-state index contributed by atoms with van der Waals surface area (Å²) in [5.74, 6) is 0.414. The van der Waals surface area contributed by atoms with Crippen molar-refractivity contribution in [1.82, 2.24) is 29.8 Å². The van der Waals surface area contributed by atoms with Gasteiger partial charge in [-0.1, -0.05) is 0 Å². The second-order valence-corrected chi connectivity index (χ2v) is 7.57. The van der Waals surface area contributed by atoms with E-state index in [-0.39, 0.29) is 18.2 Å². The van der Waals surface area contributed by atoms with Crippen LogP contribution in [0.4, 0.5) is 4.39 Å². The highest BCUT2D eigenvalue weighted by Crippen LogP contribution is 2.42. The van der Waals surface area contributed by atoms with Gasteiger partial charge in [-0.25, -0.2) is 14.2 Å². The van der Waals surface area contributed by atoms with Gasteiger partial charge < -0.3 is 14.0 Å². The summed E-state index contributed by atoms with van der Waals surface area (Å²) >= 11 is 0. The summed E-state index contributed by atoms with van der Waals surface area (Å²) < 4.78 is 26.3. The van der Waals surface area contributed by atoms with E-state index >= 15 is 0 Å². The highest BCUT2D eigenvalue weighted by Gasteiger charge is 2.30. The van der Waals surface area contributed by atoms with Gasteiger partial charge >= 0.3 is 5.97 Å². The first-order valence-electron chi connectivity index (χ1n) is 10.5. The van der Waals surface area contributed by atoms with Crippen LogP contribution in [0.2, 0.25) is 0 Å². The molecule has 0 spiro atoms. The number of tetrazole rings is 1. The third-order valence-corrected chi connectivity index (χ3v) is 5.58. The number of hydrogen-bond acceptors (Lipinski definition) is 7. The molecule has 0 atom stereocenters. The lowest BCUT2D eigenvalue weighted by atomic mass is 9.92. The quantitative estimate of drug-likeness (QED) is 0.432. The normalized spacial score (nSPS) is 12.2. The summed E-state index contributed by atoms with van der Waals surface area (Å²) in [6.45, 7) is 2.53. The van der Waals surface area contributed by atoms with Gasteiger partial charge in [-0.3, -0.25) is 0 Å². The second-order valence-electron chi connectivity index (χ2n) is 7.57. The number of halogens is 1.